The van der Waals surface area contributed by atoms with Gasteiger partial charge in [0.25, 0.3) is 0 Å². The minimum absolute atomic E-state index is 0.139. The van der Waals surface area contributed by atoms with E-state index in [4.69, 9.17) is 25.8 Å². The lowest BCUT2D eigenvalue weighted by Crippen LogP contribution is -2.62. The van der Waals surface area contributed by atoms with Gasteiger partial charge in [-0.1, -0.05) is 18.7 Å². The molecule has 33 heavy (non-hydrogen) atoms. The SMILES string of the molecule is C=C([C@H](C[C@H]1OC1(C)C)OC(=O)/C(C)=C\C)[C@H]1C[C@H](Cl)[C@@](C)(O)[C@@H](OC(=O)/C(C)=C\C)[C@H]1O. The molecule has 0 unspecified atom stereocenters. The minimum Gasteiger partial charge on any atom is -0.454 e. The summed E-state index contributed by atoms with van der Waals surface area (Å²) in [6.07, 6.45) is 0.282. The molecule has 0 aromatic rings. The van der Waals surface area contributed by atoms with Crippen LogP contribution in [0.5, 0.6) is 0 Å². The second-order valence-electron chi connectivity index (χ2n) is 9.71. The quantitative estimate of drug-likeness (QED) is 0.178. The normalized spacial score (nSPS) is 34.9. The molecule has 1 aliphatic carbocycles. The molecule has 2 N–H and O–H groups in total. The largest absolute Gasteiger partial charge is 0.454 e. The zero-order valence-electron chi connectivity index (χ0n) is 20.6. The minimum atomic E-state index is -1.67. The summed E-state index contributed by atoms with van der Waals surface area (Å²) >= 11 is 6.50. The topological polar surface area (TPSA) is 106 Å². The smallest absolute Gasteiger partial charge is 0.333 e. The number of epoxide rings is 1. The van der Waals surface area contributed by atoms with E-state index >= 15 is 0 Å². The number of esters is 2. The van der Waals surface area contributed by atoms with Gasteiger partial charge in [0.15, 0.2) is 6.10 Å². The van der Waals surface area contributed by atoms with Gasteiger partial charge in [-0.2, -0.15) is 0 Å². The van der Waals surface area contributed by atoms with Crippen molar-refractivity contribution in [2.75, 3.05) is 0 Å². The van der Waals surface area contributed by atoms with E-state index in [1.54, 1.807) is 39.8 Å². The molecule has 2 rings (SSSR count). The van der Waals surface area contributed by atoms with E-state index in [0.717, 1.165) is 0 Å². The first-order valence-electron chi connectivity index (χ1n) is 11.3. The van der Waals surface area contributed by atoms with Crippen molar-refractivity contribution >= 4 is 23.5 Å². The van der Waals surface area contributed by atoms with E-state index in [2.05, 4.69) is 6.58 Å². The third kappa shape index (κ3) is 6.07. The van der Waals surface area contributed by atoms with Gasteiger partial charge in [0, 0.05) is 23.5 Å². The number of carbonyl (C=O) groups is 2. The summed E-state index contributed by atoms with van der Waals surface area (Å²) < 4.78 is 16.9. The van der Waals surface area contributed by atoms with Crippen molar-refractivity contribution in [3.63, 3.8) is 0 Å². The molecule has 1 heterocycles. The standard InChI is InChI=1S/C25H37ClO7/c1-9-13(3)22(28)31-17(12-19-24(6,7)33-19)15(5)16-11-18(26)25(8,30)21(20(16)27)32-23(29)14(4)10-2/h9-10,16-21,27,30H,5,11-12H2,1-4,6-8H3/b13-9-,14-10-/t16-,17+,18+,19-,20+,21+,25-/m1/s1. The molecular formula is C25H37ClO7. The van der Waals surface area contributed by atoms with Crippen molar-refractivity contribution in [1.29, 1.82) is 0 Å². The lowest BCUT2D eigenvalue weighted by molar-refractivity contribution is -0.190. The first kappa shape index (κ1) is 27.6. The predicted octanol–water partition coefficient (Wildman–Crippen LogP) is 3.61. The van der Waals surface area contributed by atoms with Crippen molar-refractivity contribution in [2.24, 2.45) is 5.92 Å². The van der Waals surface area contributed by atoms with Crippen molar-refractivity contribution in [3.8, 4) is 0 Å². The number of rotatable bonds is 8. The molecule has 0 amide bonds. The van der Waals surface area contributed by atoms with E-state index in [1.807, 2.05) is 13.8 Å². The van der Waals surface area contributed by atoms with E-state index in [0.29, 0.717) is 23.1 Å². The Kier molecular flexibility index (Phi) is 8.61. The van der Waals surface area contributed by atoms with Crippen molar-refractivity contribution in [1.82, 2.24) is 0 Å². The number of alkyl halides is 1. The zero-order chi connectivity index (χ0) is 25.3. The monoisotopic (exact) mass is 484 g/mol. The summed E-state index contributed by atoms with van der Waals surface area (Å²) in [7, 11) is 0. The van der Waals surface area contributed by atoms with Crippen LogP contribution in [0.15, 0.2) is 35.5 Å². The number of hydrogen-bond donors (Lipinski definition) is 2. The Balaban J connectivity index is 2.31. The average molecular weight is 485 g/mol. The summed E-state index contributed by atoms with van der Waals surface area (Å²) in [5, 5.41) is 21.3. The molecule has 0 aromatic carbocycles. The number of aliphatic hydroxyl groups is 2. The summed E-state index contributed by atoms with van der Waals surface area (Å²) in [6.45, 7) is 16.1. The van der Waals surface area contributed by atoms with Crippen LogP contribution in [0.2, 0.25) is 0 Å². The third-order valence-electron chi connectivity index (χ3n) is 6.87. The molecule has 0 bridgehead atoms. The first-order valence-corrected chi connectivity index (χ1v) is 11.7. The van der Waals surface area contributed by atoms with Gasteiger partial charge in [0.05, 0.1) is 17.1 Å². The summed E-state index contributed by atoms with van der Waals surface area (Å²) in [5.41, 5.74) is -0.786. The first-order chi connectivity index (χ1) is 15.2. The maximum Gasteiger partial charge on any atom is 0.333 e. The van der Waals surface area contributed by atoms with Gasteiger partial charge in [-0.05, 0) is 60.5 Å². The number of ether oxygens (including phenoxy) is 3. The Morgan fingerprint density at radius 3 is 2.18 bits per heavy atom. The number of allylic oxidation sites excluding steroid dienone is 2. The predicted molar refractivity (Wildman–Crippen MR) is 126 cm³/mol. The Morgan fingerprint density at radius 2 is 1.70 bits per heavy atom. The molecule has 2 fully saturated rings. The van der Waals surface area contributed by atoms with Crippen LogP contribution in [0.4, 0.5) is 0 Å². The van der Waals surface area contributed by atoms with E-state index in [9.17, 15) is 19.8 Å². The van der Waals surface area contributed by atoms with Crippen LogP contribution in [0.1, 0.15) is 61.3 Å². The molecule has 0 radical (unpaired) electrons. The summed E-state index contributed by atoms with van der Waals surface area (Å²) in [5.74, 6) is -1.83. The Labute approximate surface area is 201 Å². The number of halogens is 1. The van der Waals surface area contributed by atoms with Crippen LogP contribution < -0.4 is 0 Å². The highest BCUT2D eigenvalue weighted by Gasteiger charge is 2.55. The van der Waals surface area contributed by atoms with Crippen molar-refractivity contribution in [3.05, 3.63) is 35.5 Å². The summed E-state index contributed by atoms with van der Waals surface area (Å²) in [6, 6.07) is 0. The Hall–Kier alpha value is -1.67. The molecular weight excluding hydrogens is 448 g/mol. The van der Waals surface area contributed by atoms with Crippen molar-refractivity contribution < 1.29 is 34.0 Å². The fourth-order valence-corrected chi connectivity index (χ4v) is 4.25. The van der Waals surface area contributed by atoms with Gasteiger partial charge in [-0.25, -0.2) is 9.59 Å². The Morgan fingerprint density at radius 1 is 1.18 bits per heavy atom. The van der Waals surface area contributed by atoms with Gasteiger partial charge in [-0.15, -0.1) is 11.6 Å². The molecule has 7 atom stereocenters. The zero-order valence-corrected chi connectivity index (χ0v) is 21.3. The third-order valence-corrected chi connectivity index (χ3v) is 7.49. The number of carbonyl (C=O) groups excluding carboxylic acids is 2. The van der Waals surface area contributed by atoms with Gasteiger partial charge in [0.2, 0.25) is 0 Å². The highest BCUT2D eigenvalue weighted by atomic mass is 35.5. The maximum atomic E-state index is 12.5. The highest BCUT2D eigenvalue weighted by Crippen LogP contribution is 2.45. The molecule has 0 aromatic heterocycles. The summed E-state index contributed by atoms with van der Waals surface area (Å²) in [4.78, 5) is 24.9. The van der Waals surface area contributed by atoms with Gasteiger partial charge in [-0.3, -0.25) is 0 Å². The molecule has 186 valence electrons. The average Bonchev–Trinajstić information content (AvgIpc) is 3.36. The van der Waals surface area contributed by atoms with E-state index < -0.39 is 47.1 Å². The van der Waals surface area contributed by atoms with Crippen LogP contribution in [0, 0.1) is 5.92 Å². The highest BCUT2D eigenvalue weighted by molar-refractivity contribution is 6.21. The molecule has 8 heteroatoms. The second kappa shape index (κ2) is 10.3. The molecule has 7 nitrogen and oxygen atoms in total. The van der Waals surface area contributed by atoms with Crippen LogP contribution in [-0.4, -0.2) is 63.1 Å². The van der Waals surface area contributed by atoms with E-state index in [-0.39, 0.29) is 18.1 Å². The fourth-order valence-electron chi connectivity index (χ4n) is 3.93. The number of hydrogen-bond acceptors (Lipinski definition) is 7. The molecule has 0 spiro atoms. The fraction of sp³-hybridized carbons (Fsp3) is 0.680. The lowest BCUT2D eigenvalue weighted by atomic mass is 9.71. The Bertz CT molecular complexity index is 842. The molecule has 1 saturated carbocycles. The van der Waals surface area contributed by atoms with Gasteiger partial charge < -0.3 is 24.4 Å². The van der Waals surface area contributed by atoms with Crippen LogP contribution in [0.25, 0.3) is 0 Å². The van der Waals surface area contributed by atoms with Gasteiger partial charge in [0.1, 0.15) is 17.8 Å². The number of aliphatic hydroxyl groups excluding tert-OH is 1. The van der Waals surface area contributed by atoms with Crippen molar-refractivity contribution in [2.45, 2.75) is 102 Å². The maximum absolute atomic E-state index is 12.5. The van der Waals surface area contributed by atoms with Crippen LogP contribution in [-0.2, 0) is 23.8 Å². The molecule has 1 aliphatic heterocycles. The molecule has 2 aliphatic rings. The van der Waals surface area contributed by atoms with E-state index in [1.165, 1.54) is 6.92 Å². The van der Waals surface area contributed by atoms with Crippen LogP contribution >= 0.6 is 11.6 Å². The lowest BCUT2D eigenvalue weighted by Gasteiger charge is -2.47. The van der Waals surface area contributed by atoms with Gasteiger partial charge >= 0.3 is 11.9 Å². The van der Waals surface area contributed by atoms with Crippen LogP contribution in [0.3, 0.4) is 0 Å². The second-order valence-corrected chi connectivity index (χ2v) is 10.2. The molecule has 1 saturated heterocycles.